The van der Waals surface area contributed by atoms with E-state index < -0.39 is 9.84 Å². The van der Waals surface area contributed by atoms with Gasteiger partial charge in [0.05, 0.1) is 23.7 Å². The lowest BCUT2D eigenvalue weighted by Gasteiger charge is -2.25. The molecule has 0 spiro atoms. The van der Waals surface area contributed by atoms with Crippen molar-refractivity contribution in [2.75, 3.05) is 36.5 Å². The first-order chi connectivity index (χ1) is 11.4. The van der Waals surface area contributed by atoms with Gasteiger partial charge in [-0.25, -0.2) is 13.4 Å². The fraction of sp³-hybridized carbons (Fsp3) is 0.333. The van der Waals surface area contributed by atoms with Gasteiger partial charge in [0.25, 0.3) is 0 Å². The van der Waals surface area contributed by atoms with Crippen LogP contribution in [0.5, 0.6) is 0 Å². The van der Waals surface area contributed by atoms with Crippen LogP contribution in [-0.4, -0.2) is 55.3 Å². The highest BCUT2D eigenvalue weighted by atomic mass is 79.9. The van der Waals surface area contributed by atoms with Gasteiger partial charge in [0, 0.05) is 28.5 Å². The Hall–Kier alpha value is -1.29. The number of nitrogens with zero attached hydrogens (tertiary/aromatic N) is 2. The second-order valence-corrected chi connectivity index (χ2v) is 9.60. The highest BCUT2D eigenvalue weighted by Gasteiger charge is 2.23. The Kier molecular flexibility index (Phi) is 5.33. The van der Waals surface area contributed by atoms with E-state index >= 15 is 0 Å². The van der Waals surface area contributed by atoms with Crippen molar-refractivity contribution in [2.24, 2.45) is 0 Å². The maximum Gasteiger partial charge on any atom is 0.240 e. The topological polar surface area (TPSA) is 79.4 Å². The van der Waals surface area contributed by atoms with Crippen molar-refractivity contribution >= 4 is 48.1 Å². The maximum absolute atomic E-state index is 12.1. The van der Waals surface area contributed by atoms with Crippen molar-refractivity contribution in [3.8, 4) is 11.3 Å². The molecule has 6 nitrogen and oxygen atoms in total. The zero-order chi connectivity index (χ0) is 17.2. The number of carbonyl (C=O) groups excluding carboxylic acids is 1. The molecule has 9 heteroatoms. The van der Waals surface area contributed by atoms with Crippen molar-refractivity contribution in [1.82, 2.24) is 9.88 Å². The molecule has 1 saturated heterocycles. The third kappa shape index (κ3) is 4.62. The van der Waals surface area contributed by atoms with Crippen molar-refractivity contribution in [2.45, 2.75) is 0 Å². The van der Waals surface area contributed by atoms with Crippen molar-refractivity contribution in [3.05, 3.63) is 34.1 Å². The third-order valence-electron chi connectivity index (χ3n) is 3.68. The number of halogens is 1. The van der Waals surface area contributed by atoms with Crippen molar-refractivity contribution < 1.29 is 13.2 Å². The van der Waals surface area contributed by atoms with E-state index in [1.807, 2.05) is 34.5 Å². The molecular formula is C15H16BrN3O3S2. The van der Waals surface area contributed by atoms with Crippen molar-refractivity contribution in [1.29, 1.82) is 0 Å². The number of thiazole rings is 1. The zero-order valence-corrected chi connectivity index (χ0v) is 16.0. The van der Waals surface area contributed by atoms with Crippen LogP contribution in [0, 0.1) is 0 Å². The number of sulfone groups is 1. The van der Waals surface area contributed by atoms with Gasteiger partial charge >= 0.3 is 0 Å². The number of nitrogens with one attached hydrogen (secondary N) is 1. The number of anilines is 1. The molecule has 0 saturated carbocycles. The first-order valence-corrected chi connectivity index (χ1v) is 10.8. The van der Waals surface area contributed by atoms with E-state index in [0.717, 1.165) is 15.7 Å². The van der Waals surface area contributed by atoms with Gasteiger partial charge in [0.15, 0.2) is 15.0 Å². The molecule has 0 atom stereocenters. The Morgan fingerprint density at radius 1 is 1.33 bits per heavy atom. The average molecular weight is 430 g/mol. The molecule has 1 aromatic heterocycles. The lowest BCUT2D eigenvalue weighted by molar-refractivity contribution is -0.117. The molecule has 1 aliphatic rings. The van der Waals surface area contributed by atoms with Crippen LogP contribution in [-0.2, 0) is 14.6 Å². The molecule has 0 radical (unpaired) electrons. The van der Waals surface area contributed by atoms with E-state index in [1.165, 1.54) is 11.3 Å². The minimum absolute atomic E-state index is 0.116. The van der Waals surface area contributed by atoms with E-state index in [0.29, 0.717) is 18.2 Å². The summed E-state index contributed by atoms with van der Waals surface area (Å²) in [5.41, 5.74) is 1.78. The highest BCUT2D eigenvalue weighted by Crippen LogP contribution is 2.26. The predicted molar refractivity (Wildman–Crippen MR) is 99.0 cm³/mol. The van der Waals surface area contributed by atoms with Crippen LogP contribution in [0.25, 0.3) is 11.3 Å². The molecule has 1 aromatic carbocycles. The number of hydrogen-bond donors (Lipinski definition) is 1. The summed E-state index contributed by atoms with van der Waals surface area (Å²) in [5, 5.41) is 5.22. The molecular weight excluding hydrogens is 414 g/mol. The monoisotopic (exact) mass is 429 g/mol. The number of aromatic nitrogens is 1. The molecule has 3 rings (SSSR count). The van der Waals surface area contributed by atoms with E-state index in [9.17, 15) is 13.2 Å². The van der Waals surface area contributed by atoms with Crippen LogP contribution in [0.4, 0.5) is 5.13 Å². The first kappa shape index (κ1) is 17.5. The van der Waals surface area contributed by atoms with Gasteiger partial charge in [0.1, 0.15) is 0 Å². The third-order valence-corrected chi connectivity index (χ3v) is 6.54. The first-order valence-electron chi connectivity index (χ1n) is 7.35. The minimum atomic E-state index is -2.93. The predicted octanol–water partition coefficient (Wildman–Crippen LogP) is 2.24. The van der Waals surface area contributed by atoms with E-state index in [4.69, 9.17) is 0 Å². The molecule has 24 heavy (non-hydrogen) atoms. The molecule has 1 fully saturated rings. The molecule has 0 bridgehead atoms. The molecule has 2 aromatic rings. The largest absolute Gasteiger partial charge is 0.301 e. The number of rotatable bonds is 4. The number of hydrogen-bond acceptors (Lipinski definition) is 6. The summed E-state index contributed by atoms with van der Waals surface area (Å²) >= 11 is 4.79. The van der Waals surface area contributed by atoms with Crippen LogP contribution in [0.3, 0.4) is 0 Å². The summed E-state index contributed by atoms with van der Waals surface area (Å²) in [6.07, 6.45) is 0. The standard InChI is InChI=1S/C15H16BrN3O3S2/c16-12-3-1-2-11(8-12)13-10-23-15(17-13)18-14(20)9-19-4-6-24(21,22)7-5-19/h1-3,8,10H,4-7,9H2,(H,17,18,20). The summed E-state index contributed by atoms with van der Waals surface area (Å²) < 4.78 is 23.8. The van der Waals surface area contributed by atoms with Gasteiger partial charge < -0.3 is 5.32 Å². The summed E-state index contributed by atoms with van der Waals surface area (Å²) in [7, 11) is -2.93. The Balaban J connectivity index is 1.58. The number of amides is 1. The second kappa shape index (κ2) is 7.30. The average Bonchev–Trinajstić information content (AvgIpc) is 2.98. The summed E-state index contributed by atoms with van der Waals surface area (Å²) in [6.45, 7) is 0.981. The fourth-order valence-corrected chi connectivity index (χ4v) is 4.79. The van der Waals surface area contributed by atoms with Gasteiger partial charge in [-0.05, 0) is 12.1 Å². The van der Waals surface area contributed by atoms with Gasteiger partial charge in [-0.3, -0.25) is 9.69 Å². The quantitative estimate of drug-likeness (QED) is 0.805. The van der Waals surface area contributed by atoms with Gasteiger partial charge in [-0.1, -0.05) is 28.1 Å². The fourth-order valence-electron chi connectivity index (χ4n) is 2.38. The molecule has 128 valence electrons. The molecule has 0 unspecified atom stereocenters. The van der Waals surface area contributed by atoms with E-state index in [1.54, 1.807) is 0 Å². The van der Waals surface area contributed by atoms with Crippen LogP contribution >= 0.6 is 27.3 Å². The van der Waals surface area contributed by atoms with Crippen molar-refractivity contribution in [3.63, 3.8) is 0 Å². The normalized spacial score (nSPS) is 17.5. The Morgan fingerprint density at radius 3 is 2.79 bits per heavy atom. The summed E-state index contributed by atoms with van der Waals surface area (Å²) in [5.74, 6) is 0.0548. The molecule has 1 N–H and O–H groups in total. The van der Waals surface area contributed by atoms with Crippen LogP contribution in [0.2, 0.25) is 0 Å². The van der Waals surface area contributed by atoms with E-state index in [-0.39, 0.29) is 24.0 Å². The minimum Gasteiger partial charge on any atom is -0.301 e. The number of carbonyl (C=O) groups is 1. The lowest BCUT2D eigenvalue weighted by atomic mass is 10.2. The molecule has 2 heterocycles. The van der Waals surface area contributed by atoms with Gasteiger partial charge in [-0.2, -0.15) is 0 Å². The van der Waals surface area contributed by atoms with E-state index in [2.05, 4.69) is 26.2 Å². The summed E-state index contributed by atoms with van der Waals surface area (Å²) in [4.78, 5) is 18.4. The SMILES string of the molecule is O=C(CN1CCS(=O)(=O)CC1)Nc1nc(-c2cccc(Br)c2)cs1. The molecule has 1 aliphatic heterocycles. The molecule has 0 aliphatic carbocycles. The van der Waals surface area contributed by atoms with Gasteiger partial charge in [0.2, 0.25) is 5.91 Å². The second-order valence-electron chi connectivity index (χ2n) is 5.52. The molecule has 1 amide bonds. The Morgan fingerprint density at radius 2 is 2.08 bits per heavy atom. The lowest BCUT2D eigenvalue weighted by Crippen LogP contribution is -2.43. The van der Waals surface area contributed by atoms with Gasteiger partial charge in [-0.15, -0.1) is 11.3 Å². The zero-order valence-electron chi connectivity index (χ0n) is 12.7. The Bertz CT molecular complexity index is 837. The highest BCUT2D eigenvalue weighted by molar-refractivity contribution is 9.10. The van der Waals surface area contributed by atoms with Crippen LogP contribution in [0.1, 0.15) is 0 Å². The smallest absolute Gasteiger partial charge is 0.240 e. The van der Waals surface area contributed by atoms with Crippen LogP contribution in [0.15, 0.2) is 34.1 Å². The van der Waals surface area contributed by atoms with Crippen LogP contribution < -0.4 is 5.32 Å². The number of benzene rings is 1. The Labute approximate surface area is 152 Å². The summed E-state index contributed by atoms with van der Waals surface area (Å²) in [6, 6.07) is 7.80. The maximum atomic E-state index is 12.1.